The fourth-order valence-corrected chi connectivity index (χ4v) is 1.18. The molecule has 0 radical (unpaired) electrons. The van der Waals surface area contributed by atoms with Crippen LogP contribution in [-0.2, 0) is 4.79 Å². The fraction of sp³-hybridized carbons (Fsp3) is 0.0909. The lowest BCUT2D eigenvalue weighted by molar-refractivity contribution is -0.118. The topological polar surface area (TPSA) is 67.0 Å². The van der Waals surface area contributed by atoms with Gasteiger partial charge in [-0.2, -0.15) is 5.10 Å². The van der Waals surface area contributed by atoms with Crippen LogP contribution >= 0.6 is 0 Å². The van der Waals surface area contributed by atoms with Crippen molar-refractivity contribution in [1.82, 2.24) is 10.2 Å². The number of para-hydroxylation sites is 1. The molecule has 1 aromatic carbocycles. The van der Waals surface area contributed by atoms with Gasteiger partial charge in [-0.05, 0) is 12.1 Å². The molecular formula is C11H11N3O2. The zero-order valence-corrected chi connectivity index (χ0v) is 8.51. The number of benzene rings is 1. The third-order valence-electron chi connectivity index (χ3n) is 1.89. The molecule has 0 aliphatic carbocycles. The van der Waals surface area contributed by atoms with E-state index >= 15 is 0 Å². The van der Waals surface area contributed by atoms with Crippen LogP contribution in [0.4, 0.5) is 5.82 Å². The molecule has 82 valence electrons. The monoisotopic (exact) mass is 217 g/mol. The first kappa shape index (κ1) is 10.2. The summed E-state index contributed by atoms with van der Waals surface area (Å²) in [5.41, 5.74) is 0. The number of ether oxygens (including phenoxy) is 1. The van der Waals surface area contributed by atoms with Crippen molar-refractivity contribution in [3.63, 3.8) is 0 Å². The quantitative estimate of drug-likeness (QED) is 0.814. The third kappa shape index (κ3) is 2.84. The summed E-state index contributed by atoms with van der Waals surface area (Å²) in [7, 11) is 0. The van der Waals surface area contributed by atoms with Gasteiger partial charge in [0.15, 0.2) is 6.61 Å². The van der Waals surface area contributed by atoms with E-state index in [-0.39, 0.29) is 12.5 Å². The molecule has 1 amide bonds. The standard InChI is InChI=1S/C11H11N3O2/c15-11(13-10-6-7-12-14-10)8-16-9-4-2-1-3-5-9/h1-7H,8H2,(H2,12,13,14,15). The van der Waals surface area contributed by atoms with Crippen molar-refractivity contribution in [3.8, 4) is 5.75 Å². The van der Waals surface area contributed by atoms with Gasteiger partial charge in [-0.25, -0.2) is 0 Å². The Balaban J connectivity index is 1.80. The molecular weight excluding hydrogens is 206 g/mol. The van der Waals surface area contributed by atoms with E-state index in [9.17, 15) is 4.79 Å². The molecule has 0 saturated heterocycles. The van der Waals surface area contributed by atoms with E-state index in [1.54, 1.807) is 24.4 Å². The summed E-state index contributed by atoms with van der Waals surface area (Å²) >= 11 is 0. The molecule has 5 heteroatoms. The lowest BCUT2D eigenvalue weighted by atomic mass is 10.3. The smallest absolute Gasteiger partial charge is 0.263 e. The van der Waals surface area contributed by atoms with Crippen LogP contribution in [0.15, 0.2) is 42.6 Å². The average molecular weight is 217 g/mol. The zero-order valence-electron chi connectivity index (χ0n) is 8.51. The fourth-order valence-electron chi connectivity index (χ4n) is 1.18. The molecule has 0 aliphatic rings. The molecule has 2 N–H and O–H groups in total. The second-order valence-corrected chi connectivity index (χ2v) is 3.12. The van der Waals surface area contributed by atoms with Crippen LogP contribution < -0.4 is 10.1 Å². The summed E-state index contributed by atoms with van der Waals surface area (Å²) in [6.07, 6.45) is 1.56. The summed E-state index contributed by atoms with van der Waals surface area (Å²) in [4.78, 5) is 11.4. The minimum Gasteiger partial charge on any atom is -0.484 e. The summed E-state index contributed by atoms with van der Waals surface area (Å²) in [5.74, 6) is 0.997. The molecule has 2 rings (SSSR count). The van der Waals surface area contributed by atoms with Crippen LogP contribution in [0, 0.1) is 0 Å². The molecule has 2 aromatic rings. The van der Waals surface area contributed by atoms with Crippen LogP contribution in [0.25, 0.3) is 0 Å². The van der Waals surface area contributed by atoms with Crippen molar-refractivity contribution in [2.45, 2.75) is 0 Å². The van der Waals surface area contributed by atoms with Crippen LogP contribution in [0.2, 0.25) is 0 Å². The minimum atomic E-state index is -0.229. The Kier molecular flexibility index (Phi) is 3.18. The number of carbonyl (C=O) groups excluding carboxylic acids is 1. The van der Waals surface area contributed by atoms with Crippen LogP contribution in [0.3, 0.4) is 0 Å². The van der Waals surface area contributed by atoms with Crippen molar-refractivity contribution < 1.29 is 9.53 Å². The normalized spacial score (nSPS) is 9.75. The lowest BCUT2D eigenvalue weighted by Gasteiger charge is -2.05. The van der Waals surface area contributed by atoms with Crippen LogP contribution in [0.1, 0.15) is 0 Å². The minimum absolute atomic E-state index is 0.0248. The molecule has 1 aromatic heterocycles. The Morgan fingerprint density at radius 2 is 2.12 bits per heavy atom. The number of amides is 1. The highest BCUT2D eigenvalue weighted by Gasteiger charge is 2.03. The highest BCUT2D eigenvalue weighted by molar-refractivity contribution is 5.90. The van der Waals surface area contributed by atoms with Crippen molar-refractivity contribution in [2.75, 3.05) is 11.9 Å². The van der Waals surface area contributed by atoms with Crippen molar-refractivity contribution in [1.29, 1.82) is 0 Å². The van der Waals surface area contributed by atoms with Crippen LogP contribution in [0.5, 0.6) is 5.75 Å². The van der Waals surface area contributed by atoms with Gasteiger partial charge in [0.2, 0.25) is 0 Å². The van der Waals surface area contributed by atoms with Gasteiger partial charge in [-0.3, -0.25) is 9.89 Å². The Morgan fingerprint density at radius 3 is 2.81 bits per heavy atom. The molecule has 0 atom stereocenters. The van der Waals surface area contributed by atoms with E-state index in [2.05, 4.69) is 15.5 Å². The summed E-state index contributed by atoms with van der Waals surface area (Å²) in [6, 6.07) is 10.8. The van der Waals surface area contributed by atoms with E-state index < -0.39 is 0 Å². The Hall–Kier alpha value is -2.30. The number of aromatic amines is 1. The van der Waals surface area contributed by atoms with Crippen molar-refractivity contribution in [3.05, 3.63) is 42.6 Å². The van der Waals surface area contributed by atoms with Gasteiger partial charge >= 0.3 is 0 Å². The lowest BCUT2D eigenvalue weighted by Crippen LogP contribution is -2.20. The van der Waals surface area contributed by atoms with Gasteiger partial charge in [0.05, 0.1) is 6.20 Å². The van der Waals surface area contributed by atoms with Crippen molar-refractivity contribution in [2.24, 2.45) is 0 Å². The van der Waals surface area contributed by atoms with Crippen LogP contribution in [-0.4, -0.2) is 22.7 Å². The number of anilines is 1. The molecule has 0 aliphatic heterocycles. The maximum Gasteiger partial charge on any atom is 0.263 e. The molecule has 0 bridgehead atoms. The first-order valence-electron chi connectivity index (χ1n) is 4.81. The van der Waals surface area contributed by atoms with Gasteiger partial charge in [-0.1, -0.05) is 18.2 Å². The number of rotatable bonds is 4. The molecule has 0 spiro atoms. The number of H-pyrrole nitrogens is 1. The molecule has 0 fully saturated rings. The van der Waals surface area contributed by atoms with E-state index in [0.717, 1.165) is 0 Å². The number of hydrogen-bond acceptors (Lipinski definition) is 3. The number of hydrogen-bond donors (Lipinski definition) is 2. The summed E-state index contributed by atoms with van der Waals surface area (Å²) in [6.45, 7) is -0.0248. The largest absolute Gasteiger partial charge is 0.484 e. The first-order chi connectivity index (χ1) is 7.84. The average Bonchev–Trinajstić information content (AvgIpc) is 2.81. The number of nitrogens with zero attached hydrogens (tertiary/aromatic N) is 1. The molecule has 5 nitrogen and oxygen atoms in total. The van der Waals surface area contributed by atoms with Gasteiger partial charge in [-0.15, -0.1) is 0 Å². The highest BCUT2D eigenvalue weighted by atomic mass is 16.5. The predicted molar refractivity (Wildman–Crippen MR) is 59.2 cm³/mol. The number of carbonyl (C=O) groups is 1. The SMILES string of the molecule is O=C(COc1ccccc1)Nc1ccn[nH]1. The second kappa shape index (κ2) is 4.97. The number of nitrogens with one attached hydrogen (secondary N) is 2. The third-order valence-corrected chi connectivity index (χ3v) is 1.89. The summed E-state index contributed by atoms with van der Waals surface area (Å²) < 4.78 is 5.27. The Labute approximate surface area is 92.4 Å². The van der Waals surface area contributed by atoms with E-state index in [1.807, 2.05) is 18.2 Å². The number of aromatic nitrogens is 2. The van der Waals surface area contributed by atoms with E-state index in [0.29, 0.717) is 11.6 Å². The zero-order chi connectivity index (χ0) is 11.2. The Morgan fingerprint density at radius 1 is 1.31 bits per heavy atom. The maximum atomic E-state index is 11.4. The van der Waals surface area contributed by atoms with E-state index in [1.165, 1.54) is 0 Å². The molecule has 1 heterocycles. The maximum absolute atomic E-state index is 11.4. The van der Waals surface area contributed by atoms with E-state index in [4.69, 9.17) is 4.74 Å². The van der Waals surface area contributed by atoms with Gasteiger partial charge in [0.25, 0.3) is 5.91 Å². The molecule has 0 saturated carbocycles. The second-order valence-electron chi connectivity index (χ2n) is 3.12. The van der Waals surface area contributed by atoms with Gasteiger partial charge in [0, 0.05) is 6.07 Å². The highest BCUT2D eigenvalue weighted by Crippen LogP contribution is 2.08. The Bertz CT molecular complexity index is 440. The van der Waals surface area contributed by atoms with Crippen molar-refractivity contribution >= 4 is 11.7 Å². The van der Waals surface area contributed by atoms with Gasteiger partial charge < -0.3 is 10.1 Å². The first-order valence-corrected chi connectivity index (χ1v) is 4.81. The van der Waals surface area contributed by atoms with Gasteiger partial charge in [0.1, 0.15) is 11.6 Å². The molecule has 0 unspecified atom stereocenters. The molecule has 16 heavy (non-hydrogen) atoms. The predicted octanol–water partition coefficient (Wildman–Crippen LogP) is 1.43. The summed E-state index contributed by atoms with van der Waals surface area (Å²) in [5, 5.41) is 8.95.